The van der Waals surface area contributed by atoms with Gasteiger partial charge >= 0.3 is 12.0 Å². The Bertz CT molecular complexity index is 1180. The fourth-order valence-electron chi connectivity index (χ4n) is 3.07. The average Bonchev–Trinajstić information content (AvgIpc) is 3.45. The Morgan fingerprint density at radius 1 is 1.17 bits per heavy atom. The number of hydrogen-bond acceptors (Lipinski definition) is 5. The van der Waals surface area contributed by atoms with Crippen molar-refractivity contribution < 1.29 is 27.9 Å². The summed E-state index contributed by atoms with van der Waals surface area (Å²) in [5.41, 5.74) is 0.863. The molecule has 0 radical (unpaired) electrons. The second kappa shape index (κ2) is 7.70. The van der Waals surface area contributed by atoms with Crippen LogP contribution in [0.2, 0.25) is 0 Å². The van der Waals surface area contributed by atoms with Gasteiger partial charge in [-0.05, 0) is 42.5 Å². The smallest absolute Gasteiger partial charge is 0.373 e. The third-order valence-electron chi connectivity index (χ3n) is 4.51. The van der Waals surface area contributed by atoms with Crippen LogP contribution in [0, 0.1) is 5.82 Å². The van der Waals surface area contributed by atoms with Crippen molar-refractivity contribution in [2.75, 3.05) is 7.11 Å². The summed E-state index contributed by atoms with van der Waals surface area (Å²) in [5.74, 6) is -1.44. The van der Waals surface area contributed by atoms with Gasteiger partial charge in [0.2, 0.25) is 5.76 Å². The Morgan fingerprint density at radius 3 is 2.73 bits per heavy atom. The highest BCUT2D eigenvalue weighted by atomic mass is 19.1. The molecule has 2 aromatic heterocycles. The number of amides is 3. The van der Waals surface area contributed by atoms with Gasteiger partial charge in [-0.1, -0.05) is 12.1 Å². The summed E-state index contributed by atoms with van der Waals surface area (Å²) in [5, 5.41) is 2.50. The fourth-order valence-corrected chi connectivity index (χ4v) is 3.07. The Balaban J connectivity index is 1.57. The molecular formula is C21H16FN3O5. The lowest BCUT2D eigenvalue weighted by molar-refractivity contribution is -0.123. The molecular weight excluding hydrogens is 393 g/mol. The van der Waals surface area contributed by atoms with E-state index in [1.807, 2.05) is 0 Å². The maximum atomic E-state index is 14.1. The number of nitrogens with one attached hydrogen (secondary N) is 1. The molecule has 1 fully saturated rings. The van der Waals surface area contributed by atoms with Crippen molar-refractivity contribution in [2.45, 2.75) is 6.54 Å². The van der Waals surface area contributed by atoms with Crippen LogP contribution in [0.25, 0.3) is 11.8 Å². The number of benzene rings is 1. The monoisotopic (exact) mass is 409 g/mol. The number of aromatic nitrogens is 1. The van der Waals surface area contributed by atoms with E-state index >= 15 is 0 Å². The standard InChI is InChI=1S/C21H16FN3O5/c1-29-20(27)18-9-8-14(30-18)12-25-19(26)16(23-21(25)28)11-13-5-4-10-24(13)17-7-3-2-6-15(17)22/h2-11H,12H2,1H3,(H,23,28). The predicted molar refractivity (Wildman–Crippen MR) is 103 cm³/mol. The first kappa shape index (κ1) is 19.2. The van der Waals surface area contributed by atoms with Crippen LogP contribution in [0.15, 0.2) is 64.8 Å². The number of carbonyl (C=O) groups excluding carboxylic acids is 3. The van der Waals surface area contributed by atoms with Crippen molar-refractivity contribution in [3.05, 3.63) is 83.5 Å². The molecule has 0 atom stereocenters. The highest BCUT2D eigenvalue weighted by Crippen LogP contribution is 2.21. The van der Waals surface area contributed by atoms with Gasteiger partial charge in [-0.25, -0.2) is 14.0 Å². The number of urea groups is 1. The lowest BCUT2D eigenvalue weighted by atomic mass is 10.2. The third-order valence-corrected chi connectivity index (χ3v) is 4.51. The molecule has 3 amide bonds. The van der Waals surface area contributed by atoms with Crippen LogP contribution in [0.1, 0.15) is 22.0 Å². The van der Waals surface area contributed by atoms with Crippen molar-refractivity contribution in [1.82, 2.24) is 14.8 Å². The number of rotatable bonds is 5. The second-order valence-electron chi connectivity index (χ2n) is 6.39. The van der Waals surface area contributed by atoms with Crippen LogP contribution in [-0.4, -0.2) is 34.5 Å². The zero-order chi connectivity index (χ0) is 21.3. The first-order valence-corrected chi connectivity index (χ1v) is 8.92. The Labute approximate surface area is 170 Å². The van der Waals surface area contributed by atoms with E-state index in [0.29, 0.717) is 11.4 Å². The van der Waals surface area contributed by atoms with Crippen molar-refractivity contribution in [2.24, 2.45) is 0 Å². The van der Waals surface area contributed by atoms with Crippen LogP contribution in [0.4, 0.5) is 9.18 Å². The van der Waals surface area contributed by atoms with E-state index in [0.717, 1.165) is 4.90 Å². The number of nitrogens with zero attached hydrogens (tertiary/aromatic N) is 2. The molecule has 1 aromatic carbocycles. The van der Waals surface area contributed by atoms with Crippen LogP contribution in [0.5, 0.6) is 0 Å². The molecule has 0 bridgehead atoms. The number of carbonyl (C=O) groups is 3. The lowest BCUT2D eigenvalue weighted by Crippen LogP contribution is -2.30. The van der Waals surface area contributed by atoms with Crippen LogP contribution in [0.3, 0.4) is 0 Å². The molecule has 4 rings (SSSR count). The first-order valence-electron chi connectivity index (χ1n) is 8.92. The molecule has 8 nitrogen and oxygen atoms in total. The van der Waals surface area contributed by atoms with Gasteiger partial charge in [-0.2, -0.15) is 0 Å². The van der Waals surface area contributed by atoms with E-state index in [9.17, 15) is 18.8 Å². The highest BCUT2D eigenvalue weighted by molar-refractivity contribution is 6.13. The molecule has 1 N–H and O–H groups in total. The normalized spacial score (nSPS) is 15.0. The zero-order valence-electron chi connectivity index (χ0n) is 15.8. The zero-order valence-corrected chi connectivity index (χ0v) is 15.8. The summed E-state index contributed by atoms with van der Waals surface area (Å²) in [6, 6.07) is 11.9. The maximum Gasteiger partial charge on any atom is 0.373 e. The van der Waals surface area contributed by atoms with Crippen LogP contribution < -0.4 is 5.32 Å². The van der Waals surface area contributed by atoms with Gasteiger partial charge in [0.25, 0.3) is 5.91 Å². The number of ether oxygens (including phenoxy) is 1. The van der Waals surface area contributed by atoms with Gasteiger partial charge in [0.05, 0.1) is 19.3 Å². The molecule has 3 aromatic rings. The topological polar surface area (TPSA) is 93.8 Å². The van der Waals surface area contributed by atoms with Crippen molar-refractivity contribution >= 4 is 24.0 Å². The summed E-state index contributed by atoms with van der Waals surface area (Å²) in [6.45, 7) is -0.159. The molecule has 0 aliphatic carbocycles. The predicted octanol–water partition coefficient (Wildman–Crippen LogP) is 3.09. The molecule has 3 heterocycles. The maximum absolute atomic E-state index is 14.1. The van der Waals surface area contributed by atoms with Crippen molar-refractivity contribution in [3.63, 3.8) is 0 Å². The van der Waals surface area contributed by atoms with E-state index < -0.39 is 23.7 Å². The molecule has 1 aliphatic rings. The summed E-state index contributed by atoms with van der Waals surface area (Å²) in [6.07, 6.45) is 3.12. The van der Waals surface area contributed by atoms with E-state index in [-0.39, 0.29) is 23.8 Å². The second-order valence-corrected chi connectivity index (χ2v) is 6.39. The molecule has 30 heavy (non-hydrogen) atoms. The summed E-state index contributed by atoms with van der Waals surface area (Å²) >= 11 is 0. The number of imide groups is 1. The Morgan fingerprint density at radius 2 is 1.97 bits per heavy atom. The Hall–Kier alpha value is -4.14. The molecule has 0 spiro atoms. The fraction of sp³-hybridized carbons (Fsp3) is 0.0952. The molecule has 0 saturated carbocycles. The largest absolute Gasteiger partial charge is 0.463 e. The average molecular weight is 409 g/mol. The molecule has 0 unspecified atom stereocenters. The van der Waals surface area contributed by atoms with Gasteiger partial charge in [-0.15, -0.1) is 0 Å². The lowest BCUT2D eigenvalue weighted by Gasteiger charge is -2.09. The minimum Gasteiger partial charge on any atom is -0.463 e. The van der Waals surface area contributed by atoms with Gasteiger partial charge in [0.15, 0.2) is 0 Å². The molecule has 1 aliphatic heterocycles. The number of furan rings is 1. The highest BCUT2D eigenvalue weighted by Gasteiger charge is 2.34. The summed E-state index contributed by atoms with van der Waals surface area (Å²) in [7, 11) is 1.22. The summed E-state index contributed by atoms with van der Waals surface area (Å²) in [4.78, 5) is 37.4. The van der Waals surface area contributed by atoms with Crippen LogP contribution in [-0.2, 0) is 16.1 Å². The number of esters is 1. The third kappa shape index (κ3) is 3.48. The molecule has 152 valence electrons. The SMILES string of the molecule is COC(=O)c1ccc(CN2C(=O)NC(=Cc3cccn3-c3ccccc3F)C2=O)o1. The Kier molecular flexibility index (Phi) is 4.93. The summed E-state index contributed by atoms with van der Waals surface area (Å²) < 4.78 is 25.6. The first-order chi connectivity index (χ1) is 14.5. The molecule has 9 heteroatoms. The number of methoxy groups -OCH3 is 1. The van der Waals surface area contributed by atoms with Gasteiger partial charge in [0, 0.05) is 11.9 Å². The van der Waals surface area contributed by atoms with Crippen molar-refractivity contribution in [1.29, 1.82) is 0 Å². The van der Waals surface area contributed by atoms with Gasteiger partial charge < -0.3 is 19.0 Å². The van der Waals surface area contributed by atoms with Crippen molar-refractivity contribution in [3.8, 4) is 5.69 Å². The minimum absolute atomic E-state index is 0.0296. The number of para-hydroxylation sites is 1. The van der Waals surface area contributed by atoms with Gasteiger partial charge in [0.1, 0.15) is 17.3 Å². The van der Waals surface area contributed by atoms with E-state index in [2.05, 4.69) is 10.1 Å². The van der Waals surface area contributed by atoms with E-state index in [1.54, 1.807) is 41.1 Å². The van der Waals surface area contributed by atoms with E-state index in [4.69, 9.17) is 4.42 Å². The quantitative estimate of drug-likeness (QED) is 0.397. The van der Waals surface area contributed by atoms with E-state index in [1.165, 1.54) is 31.4 Å². The minimum atomic E-state index is -0.659. The van der Waals surface area contributed by atoms with Gasteiger partial charge in [-0.3, -0.25) is 9.69 Å². The van der Waals surface area contributed by atoms with Crippen LogP contribution >= 0.6 is 0 Å². The number of halogens is 1. The number of hydrogen-bond donors (Lipinski definition) is 1. The molecule has 1 saturated heterocycles.